The molecule has 0 amide bonds. The van der Waals surface area contributed by atoms with Crippen molar-refractivity contribution < 1.29 is 9.53 Å². The fourth-order valence-electron chi connectivity index (χ4n) is 1.91. The van der Waals surface area contributed by atoms with Gasteiger partial charge in [0, 0.05) is 12.2 Å². The Bertz CT molecular complexity index is 433. The van der Waals surface area contributed by atoms with Gasteiger partial charge >= 0.3 is 5.97 Å². The van der Waals surface area contributed by atoms with Gasteiger partial charge in [0.2, 0.25) is 0 Å². The van der Waals surface area contributed by atoms with Crippen molar-refractivity contribution in [1.82, 2.24) is 4.98 Å². The van der Waals surface area contributed by atoms with Crippen LogP contribution in [-0.4, -0.2) is 35.6 Å². The number of hydrogen-bond acceptors (Lipinski definition) is 6. The third-order valence-corrected chi connectivity index (χ3v) is 4.01. The van der Waals surface area contributed by atoms with E-state index in [1.807, 2.05) is 11.8 Å². The molecule has 18 heavy (non-hydrogen) atoms. The van der Waals surface area contributed by atoms with Crippen LogP contribution in [0, 0.1) is 0 Å². The van der Waals surface area contributed by atoms with Gasteiger partial charge in [-0.15, -0.1) is 0 Å². The van der Waals surface area contributed by atoms with E-state index >= 15 is 0 Å². The lowest BCUT2D eigenvalue weighted by atomic mass is 10.1. The number of nitrogens with one attached hydrogen (secondary N) is 1. The SMILES string of the molecule is COC(=O)c1ccnc(NC2CCSCC2)c1N. The first-order chi connectivity index (χ1) is 8.72. The van der Waals surface area contributed by atoms with Crippen molar-refractivity contribution in [2.75, 3.05) is 29.7 Å². The number of aromatic nitrogens is 1. The van der Waals surface area contributed by atoms with Crippen LogP contribution in [0.2, 0.25) is 0 Å². The molecule has 3 N–H and O–H groups in total. The van der Waals surface area contributed by atoms with E-state index in [1.165, 1.54) is 7.11 Å². The molecule has 1 aliphatic heterocycles. The highest BCUT2D eigenvalue weighted by atomic mass is 32.2. The molecule has 1 fully saturated rings. The molecule has 0 bridgehead atoms. The summed E-state index contributed by atoms with van der Waals surface area (Å²) in [5, 5.41) is 3.31. The summed E-state index contributed by atoms with van der Waals surface area (Å²) in [6.07, 6.45) is 3.75. The molecule has 98 valence electrons. The fraction of sp³-hybridized carbons (Fsp3) is 0.500. The van der Waals surface area contributed by atoms with Crippen LogP contribution in [0.25, 0.3) is 0 Å². The zero-order chi connectivity index (χ0) is 13.0. The van der Waals surface area contributed by atoms with E-state index in [2.05, 4.69) is 15.0 Å². The topological polar surface area (TPSA) is 77.2 Å². The van der Waals surface area contributed by atoms with Gasteiger partial charge < -0.3 is 15.8 Å². The molecular weight excluding hydrogens is 250 g/mol. The van der Waals surface area contributed by atoms with Crippen LogP contribution in [0.1, 0.15) is 23.2 Å². The zero-order valence-electron chi connectivity index (χ0n) is 10.3. The number of nitrogen functional groups attached to an aromatic ring is 1. The van der Waals surface area contributed by atoms with Gasteiger partial charge in [-0.25, -0.2) is 9.78 Å². The summed E-state index contributed by atoms with van der Waals surface area (Å²) in [7, 11) is 1.34. The molecule has 0 aromatic carbocycles. The van der Waals surface area contributed by atoms with Gasteiger partial charge in [-0.3, -0.25) is 0 Å². The van der Waals surface area contributed by atoms with Crippen molar-refractivity contribution in [3.63, 3.8) is 0 Å². The minimum atomic E-state index is -0.433. The third-order valence-electron chi connectivity index (χ3n) is 2.96. The quantitative estimate of drug-likeness (QED) is 0.813. The molecule has 2 heterocycles. The van der Waals surface area contributed by atoms with Crippen LogP contribution in [-0.2, 0) is 4.74 Å². The molecule has 0 spiro atoms. The smallest absolute Gasteiger partial charge is 0.340 e. The van der Waals surface area contributed by atoms with Crippen molar-refractivity contribution in [3.05, 3.63) is 17.8 Å². The number of ether oxygens (including phenoxy) is 1. The lowest BCUT2D eigenvalue weighted by Gasteiger charge is -2.23. The van der Waals surface area contributed by atoms with Crippen molar-refractivity contribution in [2.24, 2.45) is 0 Å². The van der Waals surface area contributed by atoms with Gasteiger partial charge in [-0.1, -0.05) is 0 Å². The number of thioether (sulfide) groups is 1. The Labute approximate surface area is 110 Å². The molecule has 0 radical (unpaired) electrons. The third kappa shape index (κ3) is 2.87. The van der Waals surface area contributed by atoms with Gasteiger partial charge in [-0.05, 0) is 30.4 Å². The highest BCUT2D eigenvalue weighted by molar-refractivity contribution is 7.99. The molecule has 2 rings (SSSR count). The summed E-state index contributed by atoms with van der Waals surface area (Å²) in [6.45, 7) is 0. The fourth-order valence-corrected chi connectivity index (χ4v) is 3.02. The minimum absolute atomic E-state index is 0.361. The molecule has 1 saturated heterocycles. The number of nitrogens with zero attached hydrogens (tertiary/aromatic N) is 1. The molecule has 1 aliphatic rings. The highest BCUT2D eigenvalue weighted by Gasteiger charge is 2.18. The Morgan fingerprint density at radius 3 is 2.94 bits per heavy atom. The van der Waals surface area contributed by atoms with E-state index in [0.717, 1.165) is 24.3 Å². The summed E-state index contributed by atoms with van der Waals surface area (Å²) in [4.78, 5) is 15.7. The van der Waals surface area contributed by atoms with E-state index in [-0.39, 0.29) is 0 Å². The van der Waals surface area contributed by atoms with E-state index in [0.29, 0.717) is 23.1 Å². The average Bonchev–Trinajstić information content (AvgIpc) is 2.41. The Hall–Kier alpha value is -1.43. The van der Waals surface area contributed by atoms with Crippen molar-refractivity contribution in [2.45, 2.75) is 18.9 Å². The Morgan fingerprint density at radius 1 is 1.56 bits per heavy atom. The maximum absolute atomic E-state index is 11.5. The van der Waals surface area contributed by atoms with Crippen LogP contribution in [0.4, 0.5) is 11.5 Å². The number of methoxy groups -OCH3 is 1. The largest absolute Gasteiger partial charge is 0.465 e. The average molecular weight is 267 g/mol. The Balaban J connectivity index is 2.15. The van der Waals surface area contributed by atoms with Crippen molar-refractivity contribution >= 4 is 29.2 Å². The first-order valence-corrected chi connectivity index (χ1v) is 7.05. The van der Waals surface area contributed by atoms with E-state index in [4.69, 9.17) is 5.73 Å². The number of carbonyl (C=O) groups excluding carboxylic acids is 1. The molecule has 1 aromatic rings. The number of pyridine rings is 1. The molecule has 0 atom stereocenters. The molecule has 1 aromatic heterocycles. The first-order valence-electron chi connectivity index (χ1n) is 5.89. The molecule has 5 nitrogen and oxygen atoms in total. The Morgan fingerprint density at radius 2 is 2.28 bits per heavy atom. The van der Waals surface area contributed by atoms with Gasteiger partial charge in [0.15, 0.2) is 0 Å². The first kappa shape index (κ1) is 13.0. The normalized spacial score (nSPS) is 16.3. The van der Waals surface area contributed by atoms with Gasteiger partial charge in [0.25, 0.3) is 0 Å². The number of anilines is 2. The second kappa shape index (κ2) is 5.95. The Kier molecular flexibility index (Phi) is 4.30. The van der Waals surface area contributed by atoms with E-state index in [9.17, 15) is 4.79 Å². The van der Waals surface area contributed by atoms with Crippen molar-refractivity contribution in [1.29, 1.82) is 0 Å². The lowest BCUT2D eigenvalue weighted by Crippen LogP contribution is -2.26. The van der Waals surface area contributed by atoms with Crippen LogP contribution in [0.5, 0.6) is 0 Å². The lowest BCUT2D eigenvalue weighted by molar-refractivity contribution is 0.0602. The predicted octanol–water partition coefficient (Wildman–Crippen LogP) is 1.76. The monoisotopic (exact) mass is 267 g/mol. The van der Waals surface area contributed by atoms with E-state index < -0.39 is 5.97 Å². The predicted molar refractivity (Wildman–Crippen MR) is 74.0 cm³/mol. The molecular formula is C12H17N3O2S. The van der Waals surface area contributed by atoms with Crippen LogP contribution in [0.3, 0.4) is 0 Å². The zero-order valence-corrected chi connectivity index (χ0v) is 11.1. The van der Waals surface area contributed by atoms with Crippen LogP contribution < -0.4 is 11.1 Å². The summed E-state index contributed by atoms with van der Waals surface area (Å²) < 4.78 is 4.68. The van der Waals surface area contributed by atoms with Gasteiger partial charge in [0.1, 0.15) is 5.82 Å². The number of esters is 1. The summed E-state index contributed by atoms with van der Waals surface area (Å²) >= 11 is 1.96. The molecule has 0 aliphatic carbocycles. The number of hydrogen-bond donors (Lipinski definition) is 2. The minimum Gasteiger partial charge on any atom is -0.465 e. The summed E-state index contributed by atoms with van der Waals surface area (Å²) in [5.41, 5.74) is 6.67. The second-order valence-electron chi connectivity index (χ2n) is 4.14. The summed E-state index contributed by atoms with van der Waals surface area (Å²) in [6, 6.07) is 1.96. The van der Waals surface area contributed by atoms with Crippen LogP contribution in [0.15, 0.2) is 12.3 Å². The number of carbonyl (C=O) groups is 1. The van der Waals surface area contributed by atoms with Gasteiger partial charge in [0.05, 0.1) is 18.4 Å². The number of rotatable bonds is 3. The molecule has 0 unspecified atom stereocenters. The number of nitrogens with two attached hydrogens (primary N) is 1. The summed E-state index contributed by atoms with van der Waals surface area (Å²) in [5.74, 6) is 2.44. The molecule has 6 heteroatoms. The maximum atomic E-state index is 11.5. The highest BCUT2D eigenvalue weighted by Crippen LogP contribution is 2.25. The second-order valence-corrected chi connectivity index (χ2v) is 5.37. The van der Waals surface area contributed by atoms with Crippen LogP contribution >= 0.6 is 11.8 Å². The van der Waals surface area contributed by atoms with Gasteiger partial charge in [-0.2, -0.15) is 11.8 Å². The van der Waals surface area contributed by atoms with E-state index in [1.54, 1.807) is 12.3 Å². The van der Waals surface area contributed by atoms with Crippen molar-refractivity contribution in [3.8, 4) is 0 Å². The maximum Gasteiger partial charge on any atom is 0.340 e. The molecule has 0 saturated carbocycles. The standard InChI is InChI=1S/C12H17N3O2S/c1-17-12(16)9-2-5-14-11(10(9)13)15-8-3-6-18-7-4-8/h2,5,8H,3-4,6-7,13H2,1H3,(H,14,15).